The first kappa shape index (κ1) is 32.3. The molecule has 0 aromatic heterocycles. The zero-order valence-corrected chi connectivity index (χ0v) is 28.9. The molecule has 2 amide bonds. The third-order valence-electron chi connectivity index (χ3n) is 10.3. The number of nitrogens with one attached hydrogen (secondary N) is 2. The third kappa shape index (κ3) is 4.82. The van der Waals surface area contributed by atoms with Gasteiger partial charge in [0.25, 0.3) is 0 Å². The fourth-order valence-electron chi connectivity index (χ4n) is 7.52. The van der Waals surface area contributed by atoms with Gasteiger partial charge in [0, 0.05) is 46.5 Å². The van der Waals surface area contributed by atoms with Crippen molar-refractivity contribution in [1.29, 1.82) is 0 Å². The van der Waals surface area contributed by atoms with E-state index in [2.05, 4.69) is 10.6 Å². The summed E-state index contributed by atoms with van der Waals surface area (Å²) in [5.41, 5.74) is 7.97. The highest BCUT2D eigenvalue weighted by atomic mass is 32.2. The van der Waals surface area contributed by atoms with Crippen LogP contribution in [0.2, 0.25) is 0 Å². The normalized spacial score (nSPS) is 19.7. The summed E-state index contributed by atoms with van der Waals surface area (Å²) in [6.07, 6.45) is 2.21. The molecule has 0 saturated carbocycles. The van der Waals surface area contributed by atoms with Gasteiger partial charge in [0.05, 0.1) is 9.79 Å². The van der Waals surface area contributed by atoms with E-state index in [0.717, 1.165) is 67.4 Å². The number of anilines is 2. The monoisotopic (exact) mass is 652 g/mol. The lowest BCUT2D eigenvalue weighted by Gasteiger charge is -2.29. The van der Waals surface area contributed by atoms with Gasteiger partial charge in [0.1, 0.15) is 22.7 Å². The smallest absolute Gasteiger partial charge is 0.211 e. The molecule has 9 heteroatoms. The van der Waals surface area contributed by atoms with Gasteiger partial charge >= 0.3 is 0 Å². The first-order chi connectivity index (χ1) is 22.2. The zero-order valence-electron chi connectivity index (χ0n) is 28.0. The molecule has 0 aliphatic carbocycles. The third-order valence-corrected chi connectivity index (χ3v) is 12.2. The largest absolute Gasteiger partial charge is 0.482 e. The minimum atomic E-state index is -4.09. The predicted molar refractivity (Wildman–Crippen MR) is 182 cm³/mol. The van der Waals surface area contributed by atoms with Crippen molar-refractivity contribution >= 4 is 34.0 Å². The summed E-state index contributed by atoms with van der Waals surface area (Å²) in [6.45, 7) is 15.5. The van der Waals surface area contributed by atoms with Crippen LogP contribution in [0.4, 0.5) is 11.4 Å². The fraction of sp³-hybridized carbons (Fsp3) is 0.316. The van der Waals surface area contributed by atoms with Crippen molar-refractivity contribution in [3.63, 3.8) is 0 Å². The van der Waals surface area contributed by atoms with Crippen LogP contribution in [0, 0.1) is 41.5 Å². The molecule has 0 bridgehead atoms. The lowest BCUT2D eigenvalue weighted by molar-refractivity contribution is -0.106. The molecule has 0 fully saturated rings. The average Bonchev–Trinajstić information content (AvgIpc) is 3.62. The second kappa shape index (κ2) is 11.3. The molecule has 4 aromatic rings. The zero-order chi connectivity index (χ0) is 34.1. The van der Waals surface area contributed by atoms with Crippen LogP contribution >= 0.6 is 0 Å². The van der Waals surface area contributed by atoms with Crippen LogP contribution in [0.15, 0.2) is 58.3 Å². The second-order valence-corrected chi connectivity index (χ2v) is 15.0. The number of rotatable bonds is 8. The fourth-order valence-corrected chi connectivity index (χ4v) is 9.42. The Morgan fingerprint density at radius 2 is 0.957 bits per heavy atom. The quantitative estimate of drug-likeness (QED) is 0.195. The van der Waals surface area contributed by atoms with Crippen LogP contribution in [0.3, 0.4) is 0 Å². The highest BCUT2D eigenvalue weighted by Gasteiger charge is 2.46. The van der Waals surface area contributed by atoms with E-state index < -0.39 is 21.0 Å². The summed E-state index contributed by atoms with van der Waals surface area (Å²) in [5.74, 6) is 1.45. The van der Waals surface area contributed by atoms with E-state index in [1.807, 2.05) is 79.7 Å². The van der Waals surface area contributed by atoms with Crippen LogP contribution in [-0.4, -0.2) is 21.2 Å². The van der Waals surface area contributed by atoms with Crippen molar-refractivity contribution in [1.82, 2.24) is 0 Å². The Balaban J connectivity index is 1.45. The molecule has 2 unspecified atom stereocenters. The van der Waals surface area contributed by atoms with Gasteiger partial charge in [-0.15, -0.1) is 0 Å². The SMILES string of the molecule is Cc1c(C)c2c(c(C)c1NC=O)CC(C)(c1ccccc1S(=O)(=O)c1ccccc1C1(C)Cc3c(C)c(NC=O)c(C)c(C)c3O1)O2. The van der Waals surface area contributed by atoms with Gasteiger partial charge in [-0.25, -0.2) is 8.42 Å². The number of amides is 2. The molecule has 244 valence electrons. The maximum Gasteiger partial charge on any atom is 0.211 e. The molecular weight excluding hydrogens is 612 g/mol. The molecule has 0 radical (unpaired) electrons. The van der Waals surface area contributed by atoms with Gasteiger partial charge in [-0.2, -0.15) is 0 Å². The minimum Gasteiger partial charge on any atom is -0.482 e. The Labute approximate surface area is 276 Å². The molecule has 4 aromatic carbocycles. The number of carbonyl (C=O) groups is 2. The van der Waals surface area contributed by atoms with Crippen molar-refractivity contribution < 1.29 is 27.5 Å². The standard InChI is InChI=1S/C38H40N2O6S/c1-21-23(3)35-27(25(5)33(21)39-19-41)17-37(7,45-35)29-13-9-11-15-31(29)47(43,44)32-16-12-10-14-30(32)38(8)18-28-26(6)34(40-20-42)22(2)24(4)36(28)46-38/h9-16,19-20H,17-18H2,1-8H3,(H,39,41)(H,40,42). The number of sulfone groups is 1. The van der Waals surface area contributed by atoms with Crippen molar-refractivity contribution in [2.75, 3.05) is 10.6 Å². The first-order valence-electron chi connectivity index (χ1n) is 15.7. The summed E-state index contributed by atoms with van der Waals surface area (Å²) >= 11 is 0. The molecule has 0 saturated heterocycles. The lowest BCUT2D eigenvalue weighted by atomic mass is 9.87. The molecule has 6 rings (SSSR count). The van der Waals surface area contributed by atoms with Gasteiger partial charge in [-0.3, -0.25) is 9.59 Å². The van der Waals surface area contributed by atoms with E-state index in [1.165, 1.54) is 0 Å². The van der Waals surface area contributed by atoms with E-state index in [1.54, 1.807) is 24.3 Å². The van der Waals surface area contributed by atoms with E-state index in [-0.39, 0.29) is 9.79 Å². The van der Waals surface area contributed by atoms with Crippen molar-refractivity contribution in [3.8, 4) is 11.5 Å². The maximum absolute atomic E-state index is 14.9. The Hall–Kier alpha value is -4.63. The lowest BCUT2D eigenvalue weighted by Crippen LogP contribution is -2.31. The second-order valence-electron chi connectivity index (χ2n) is 13.2. The number of hydrogen-bond acceptors (Lipinski definition) is 6. The number of ether oxygens (including phenoxy) is 2. The Kier molecular flexibility index (Phi) is 7.74. The van der Waals surface area contributed by atoms with E-state index >= 15 is 0 Å². The molecule has 2 aliphatic heterocycles. The Morgan fingerprint density at radius 1 is 0.596 bits per heavy atom. The maximum atomic E-state index is 14.9. The molecule has 2 N–H and O–H groups in total. The van der Waals surface area contributed by atoms with E-state index in [9.17, 15) is 18.0 Å². The molecule has 8 nitrogen and oxygen atoms in total. The van der Waals surface area contributed by atoms with Gasteiger partial charge in [0.15, 0.2) is 0 Å². The van der Waals surface area contributed by atoms with E-state index in [0.29, 0.717) is 36.8 Å². The van der Waals surface area contributed by atoms with Gasteiger partial charge < -0.3 is 20.1 Å². The number of carbonyl (C=O) groups excluding carboxylic acids is 2. The number of hydrogen-bond donors (Lipinski definition) is 2. The van der Waals surface area contributed by atoms with Crippen LogP contribution in [0.25, 0.3) is 0 Å². The summed E-state index contributed by atoms with van der Waals surface area (Å²) < 4.78 is 43.1. The number of benzene rings is 4. The molecule has 2 heterocycles. The summed E-state index contributed by atoms with van der Waals surface area (Å²) in [6, 6.07) is 14.1. The van der Waals surface area contributed by atoms with Gasteiger partial charge in [-0.05, 0) is 101 Å². The molecule has 2 atom stereocenters. The summed E-state index contributed by atoms with van der Waals surface area (Å²) in [5, 5.41) is 5.68. The molecule has 47 heavy (non-hydrogen) atoms. The average molecular weight is 653 g/mol. The predicted octanol–water partition coefficient (Wildman–Crippen LogP) is 7.21. The van der Waals surface area contributed by atoms with Gasteiger partial charge in [-0.1, -0.05) is 36.4 Å². The van der Waals surface area contributed by atoms with Crippen LogP contribution in [0.5, 0.6) is 11.5 Å². The Bertz CT molecular complexity index is 1960. The summed E-state index contributed by atoms with van der Waals surface area (Å²) in [4.78, 5) is 23.1. The highest BCUT2D eigenvalue weighted by molar-refractivity contribution is 7.91. The van der Waals surface area contributed by atoms with Crippen molar-refractivity contribution in [2.45, 2.75) is 89.2 Å². The topological polar surface area (TPSA) is 111 Å². The van der Waals surface area contributed by atoms with Crippen molar-refractivity contribution in [3.05, 3.63) is 104 Å². The number of fused-ring (bicyclic) bond motifs is 2. The van der Waals surface area contributed by atoms with Crippen LogP contribution in [-0.2, 0) is 43.5 Å². The highest BCUT2D eigenvalue weighted by Crippen LogP contribution is 2.51. The minimum absolute atomic E-state index is 0.167. The summed E-state index contributed by atoms with van der Waals surface area (Å²) in [7, 11) is -4.09. The molecular formula is C38H40N2O6S. The first-order valence-corrected chi connectivity index (χ1v) is 17.2. The van der Waals surface area contributed by atoms with Crippen molar-refractivity contribution in [2.24, 2.45) is 0 Å². The van der Waals surface area contributed by atoms with E-state index in [4.69, 9.17) is 9.47 Å². The van der Waals surface area contributed by atoms with Crippen LogP contribution in [0.1, 0.15) is 69.5 Å². The molecule has 2 aliphatic rings. The Morgan fingerprint density at radius 3 is 1.32 bits per heavy atom. The van der Waals surface area contributed by atoms with Crippen LogP contribution < -0.4 is 20.1 Å². The van der Waals surface area contributed by atoms with Gasteiger partial charge in [0.2, 0.25) is 22.7 Å². The molecule has 0 spiro atoms.